The number of fused-ring (bicyclic) bond motifs is 1. The number of rotatable bonds is 5. The Balaban J connectivity index is 1.62. The number of sulfonamides is 1. The Morgan fingerprint density at radius 1 is 1.12 bits per heavy atom. The van der Waals surface area contributed by atoms with Gasteiger partial charge in [0.15, 0.2) is 0 Å². The summed E-state index contributed by atoms with van der Waals surface area (Å²) >= 11 is 0. The maximum Gasteiger partial charge on any atom is 0.241 e. The second-order valence-corrected chi connectivity index (χ2v) is 8.52. The summed E-state index contributed by atoms with van der Waals surface area (Å²) in [4.78, 5) is 13.6. The van der Waals surface area contributed by atoms with Crippen LogP contribution < -0.4 is 14.4 Å². The molecule has 1 N–H and O–H groups in total. The number of benzene rings is 2. The van der Waals surface area contributed by atoms with Crippen LogP contribution in [0.4, 0.5) is 5.69 Å². The van der Waals surface area contributed by atoms with Gasteiger partial charge in [-0.05, 0) is 54.3 Å². The number of ether oxygens (including phenoxy) is 1. The van der Waals surface area contributed by atoms with Crippen molar-refractivity contribution in [1.29, 1.82) is 0 Å². The van der Waals surface area contributed by atoms with E-state index in [4.69, 9.17) is 4.74 Å². The van der Waals surface area contributed by atoms with Gasteiger partial charge in [-0.1, -0.05) is 12.1 Å². The maximum absolute atomic E-state index is 12.9. The SMILES string of the molecule is COc1ccc(C2(NS(=O)(=O)c3ccc4c(c3)CC(=O)N4C)CC2)cc1. The first-order chi connectivity index (χ1) is 12.3. The average molecular weight is 372 g/mol. The van der Waals surface area contributed by atoms with E-state index in [9.17, 15) is 13.2 Å². The molecule has 1 aliphatic carbocycles. The van der Waals surface area contributed by atoms with Gasteiger partial charge in [-0.2, -0.15) is 0 Å². The van der Waals surface area contributed by atoms with Crippen molar-refractivity contribution < 1.29 is 17.9 Å². The minimum Gasteiger partial charge on any atom is -0.497 e. The van der Waals surface area contributed by atoms with Crippen molar-refractivity contribution in [2.75, 3.05) is 19.1 Å². The lowest BCUT2D eigenvalue weighted by atomic mass is 10.1. The number of carbonyl (C=O) groups is 1. The fourth-order valence-electron chi connectivity index (χ4n) is 3.41. The van der Waals surface area contributed by atoms with Crippen molar-refractivity contribution in [3.63, 3.8) is 0 Å². The second kappa shape index (κ2) is 5.82. The molecule has 0 aromatic heterocycles. The van der Waals surface area contributed by atoms with Crippen molar-refractivity contribution >= 4 is 21.6 Å². The first-order valence-corrected chi connectivity index (χ1v) is 9.91. The zero-order valence-electron chi connectivity index (χ0n) is 14.7. The molecule has 2 aliphatic rings. The zero-order chi connectivity index (χ0) is 18.5. The molecule has 1 aliphatic heterocycles. The number of nitrogens with zero attached hydrogens (tertiary/aromatic N) is 1. The van der Waals surface area contributed by atoms with Gasteiger partial charge >= 0.3 is 0 Å². The number of anilines is 1. The van der Waals surface area contributed by atoms with Gasteiger partial charge in [-0.3, -0.25) is 4.79 Å². The standard InChI is InChI=1S/C19H20N2O4S/c1-21-17-8-7-16(11-13(17)12-18(21)22)26(23,24)20-19(9-10-19)14-3-5-15(25-2)6-4-14/h3-8,11,20H,9-10,12H2,1-2H3. The van der Waals surface area contributed by atoms with Gasteiger partial charge in [-0.15, -0.1) is 0 Å². The minimum atomic E-state index is -3.69. The summed E-state index contributed by atoms with van der Waals surface area (Å²) in [6.07, 6.45) is 1.74. The Morgan fingerprint density at radius 2 is 1.81 bits per heavy atom. The van der Waals surface area contributed by atoms with E-state index in [1.807, 2.05) is 24.3 Å². The normalized spacial score (nSPS) is 17.9. The molecule has 7 heteroatoms. The molecule has 0 atom stereocenters. The predicted molar refractivity (Wildman–Crippen MR) is 97.8 cm³/mol. The van der Waals surface area contributed by atoms with E-state index in [-0.39, 0.29) is 17.2 Å². The lowest BCUT2D eigenvalue weighted by Gasteiger charge is -2.19. The van der Waals surface area contributed by atoms with E-state index in [0.29, 0.717) is 0 Å². The van der Waals surface area contributed by atoms with Crippen LogP contribution in [-0.2, 0) is 26.8 Å². The van der Waals surface area contributed by atoms with Crippen molar-refractivity contribution in [2.45, 2.75) is 29.7 Å². The largest absolute Gasteiger partial charge is 0.497 e. The molecule has 136 valence electrons. The van der Waals surface area contributed by atoms with Gasteiger partial charge in [0, 0.05) is 12.7 Å². The molecule has 2 aromatic rings. The average Bonchev–Trinajstić information content (AvgIpc) is 3.34. The van der Waals surface area contributed by atoms with Crippen LogP contribution in [0, 0.1) is 0 Å². The summed E-state index contributed by atoms with van der Waals surface area (Å²) in [5.74, 6) is 0.708. The molecular formula is C19H20N2O4S. The molecular weight excluding hydrogens is 352 g/mol. The van der Waals surface area contributed by atoms with Crippen LogP contribution in [0.15, 0.2) is 47.4 Å². The van der Waals surface area contributed by atoms with Crippen molar-refractivity contribution in [1.82, 2.24) is 4.72 Å². The summed E-state index contributed by atoms with van der Waals surface area (Å²) in [5.41, 5.74) is 1.88. The Labute approximate surface area is 152 Å². The monoisotopic (exact) mass is 372 g/mol. The van der Waals surface area contributed by atoms with Crippen LogP contribution in [0.5, 0.6) is 5.75 Å². The van der Waals surface area contributed by atoms with Crippen molar-refractivity contribution in [2.24, 2.45) is 0 Å². The lowest BCUT2D eigenvalue weighted by molar-refractivity contribution is -0.117. The molecule has 1 heterocycles. The summed E-state index contributed by atoms with van der Waals surface area (Å²) in [6.45, 7) is 0. The Hall–Kier alpha value is -2.38. The smallest absolute Gasteiger partial charge is 0.241 e. The summed E-state index contributed by atoms with van der Waals surface area (Å²) in [7, 11) is -0.391. The highest BCUT2D eigenvalue weighted by Gasteiger charge is 2.47. The highest BCUT2D eigenvalue weighted by atomic mass is 32.2. The van der Waals surface area contributed by atoms with Crippen molar-refractivity contribution in [3.05, 3.63) is 53.6 Å². The molecule has 1 saturated carbocycles. The Bertz CT molecular complexity index is 979. The molecule has 26 heavy (non-hydrogen) atoms. The molecule has 0 bridgehead atoms. The maximum atomic E-state index is 12.9. The van der Waals surface area contributed by atoms with Gasteiger partial charge in [-0.25, -0.2) is 13.1 Å². The molecule has 1 amide bonds. The molecule has 6 nitrogen and oxygen atoms in total. The third kappa shape index (κ3) is 2.77. The number of carbonyl (C=O) groups excluding carboxylic acids is 1. The number of methoxy groups -OCH3 is 1. The summed E-state index contributed by atoms with van der Waals surface area (Å²) < 4.78 is 33.8. The van der Waals surface area contributed by atoms with E-state index in [1.165, 1.54) is 0 Å². The topological polar surface area (TPSA) is 75.7 Å². The Kier molecular flexibility index (Phi) is 3.82. The summed E-state index contributed by atoms with van der Waals surface area (Å²) in [5, 5.41) is 0. The van der Waals surface area contributed by atoms with Crippen LogP contribution in [0.3, 0.4) is 0 Å². The van der Waals surface area contributed by atoms with Crippen LogP contribution >= 0.6 is 0 Å². The molecule has 4 rings (SSSR count). The summed E-state index contributed by atoms with van der Waals surface area (Å²) in [6, 6.07) is 12.3. The molecule has 2 aromatic carbocycles. The molecule has 0 unspecified atom stereocenters. The fraction of sp³-hybridized carbons (Fsp3) is 0.316. The number of likely N-dealkylation sites (N-methyl/N-ethyl adjacent to an activating group) is 1. The van der Waals surface area contributed by atoms with E-state index in [2.05, 4.69) is 4.72 Å². The number of amides is 1. The van der Waals surface area contributed by atoms with E-state index < -0.39 is 15.6 Å². The quantitative estimate of drug-likeness (QED) is 0.873. The first-order valence-electron chi connectivity index (χ1n) is 8.43. The van der Waals surface area contributed by atoms with Crippen LogP contribution in [0.2, 0.25) is 0 Å². The highest BCUT2D eigenvalue weighted by Crippen LogP contribution is 2.47. The van der Waals surface area contributed by atoms with E-state index in [1.54, 1.807) is 37.3 Å². The fourth-order valence-corrected chi connectivity index (χ4v) is 4.91. The van der Waals surface area contributed by atoms with Crippen LogP contribution in [0.25, 0.3) is 0 Å². The number of hydrogen-bond donors (Lipinski definition) is 1. The lowest BCUT2D eigenvalue weighted by Crippen LogP contribution is -2.34. The van der Waals surface area contributed by atoms with Gasteiger partial charge in [0.1, 0.15) is 5.75 Å². The molecule has 1 fully saturated rings. The first kappa shape index (κ1) is 17.1. The number of nitrogens with one attached hydrogen (secondary N) is 1. The van der Waals surface area contributed by atoms with Gasteiger partial charge in [0.2, 0.25) is 15.9 Å². The number of hydrogen-bond acceptors (Lipinski definition) is 4. The second-order valence-electron chi connectivity index (χ2n) is 6.84. The van der Waals surface area contributed by atoms with Crippen LogP contribution in [-0.4, -0.2) is 28.5 Å². The minimum absolute atomic E-state index is 0.0283. The molecule has 0 radical (unpaired) electrons. The van der Waals surface area contributed by atoms with Crippen molar-refractivity contribution in [3.8, 4) is 5.75 Å². The van der Waals surface area contributed by atoms with Gasteiger partial charge < -0.3 is 9.64 Å². The third-order valence-corrected chi connectivity index (χ3v) is 6.69. The van der Waals surface area contributed by atoms with Gasteiger partial charge in [0.05, 0.1) is 24.0 Å². The van der Waals surface area contributed by atoms with Crippen LogP contribution in [0.1, 0.15) is 24.0 Å². The third-order valence-electron chi connectivity index (χ3n) is 5.16. The van der Waals surface area contributed by atoms with E-state index in [0.717, 1.165) is 35.4 Å². The predicted octanol–water partition coefficient (Wildman–Crippen LogP) is 2.18. The Morgan fingerprint density at radius 3 is 2.42 bits per heavy atom. The van der Waals surface area contributed by atoms with E-state index >= 15 is 0 Å². The molecule has 0 saturated heterocycles. The highest BCUT2D eigenvalue weighted by molar-refractivity contribution is 7.89. The van der Waals surface area contributed by atoms with Gasteiger partial charge in [0.25, 0.3) is 0 Å². The molecule has 0 spiro atoms. The zero-order valence-corrected chi connectivity index (χ0v) is 15.5.